The van der Waals surface area contributed by atoms with Gasteiger partial charge in [-0.15, -0.1) is 0 Å². The number of aliphatic hydroxyl groups excluding tert-OH is 1. The van der Waals surface area contributed by atoms with Gasteiger partial charge in [-0.3, -0.25) is 4.79 Å². The quantitative estimate of drug-likeness (QED) is 0.796. The molecule has 1 unspecified atom stereocenters. The van der Waals surface area contributed by atoms with Crippen molar-refractivity contribution >= 4 is 15.7 Å². The van der Waals surface area contributed by atoms with Crippen molar-refractivity contribution in [3.8, 4) is 0 Å². The van der Waals surface area contributed by atoms with E-state index in [2.05, 4.69) is 5.32 Å². The second kappa shape index (κ2) is 7.40. The van der Waals surface area contributed by atoms with E-state index >= 15 is 0 Å². The van der Waals surface area contributed by atoms with Gasteiger partial charge in [-0.2, -0.15) is 0 Å². The maximum absolute atomic E-state index is 12.0. The molecule has 20 heavy (non-hydrogen) atoms. The van der Waals surface area contributed by atoms with Crippen LogP contribution in [0, 0.1) is 0 Å². The van der Waals surface area contributed by atoms with Crippen LogP contribution >= 0.6 is 0 Å². The number of benzene rings is 1. The first-order chi connectivity index (χ1) is 9.42. The van der Waals surface area contributed by atoms with Gasteiger partial charge >= 0.3 is 0 Å². The van der Waals surface area contributed by atoms with Gasteiger partial charge in [0.1, 0.15) is 0 Å². The molecule has 2 N–H and O–H groups in total. The molecular weight excluding hydrogens is 278 g/mol. The number of amides is 1. The van der Waals surface area contributed by atoms with Gasteiger partial charge in [0.05, 0.1) is 22.3 Å². The van der Waals surface area contributed by atoms with Gasteiger partial charge in [0.15, 0.2) is 9.84 Å². The minimum Gasteiger partial charge on any atom is -0.393 e. The van der Waals surface area contributed by atoms with Crippen LogP contribution in [0.2, 0.25) is 0 Å². The van der Waals surface area contributed by atoms with Crippen molar-refractivity contribution in [2.24, 2.45) is 0 Å². The standard InChI is InChI=1S/C14H21NO4S/c1-3-11(16)9-10-15-14(17)12-7-5-6-8-13(12)20(18,19)4-2/h5-8,11,16H,3-4,9-10H2,1-2H3,(H,15,17). The number of nitrogens with one attached hydrogen (secondary N) is 1. The summed E-state index contributed by atoms with van der Waals surface area (Å²) in [5.41, 5.74) is 0.153. The molecule has 0 aromatic heterocycles. The summed E-state index contributed by atoms with van der Waals surface area (Å²) in [4.78, 5) is 12.1. The van der Waals surface area contributed by atoms with Crippen LogP contribution in [0.25, 0.3) is 0 Å². The Labute approximate surface area is 119 Å². The largest absolute Gasteiger partial charge is 0.393 e. The van der Waals surface area contributed by atoms with Crippen LogP contribution in [0.5, 0.6) is 0 Å². The van der Waals surface area contributed by atoms with Crippen molar-refractivity contribution in [2.75, 3.05) is 12.3 Å². The lowest BCUT2D eigenvalue weighted by atomic mass is 10.2. The third kappa shape index (κ3) is 4.31. The number of carbonyl (C=O) groups excluding carboxylic acids is 1. The SMILES string of the molecule is CCC(O)CCNC(=O)c1ccccc1S(=O)(=O)CC. The molecule has 0 bridgehead atoms. The topological polar surface area (TPSA) is 83.5 Å². The summed E-state index contributed by atoms with van der Waals surface area (Å²) in [5, 5.41) is 12.1. The van der Waals surface area contributed by atoms with Crippen LogP contribution in [0.1, 0.15) is 37.0 Å². The lowest BCUT2D eigenvalue weighted by Crippen LogP contribution is -2.28. The van der Waals surface area contributed by atoms with Gasteiger partial charge in [0.25, 0.3) is 5.91 Å². The van der Waals surface area contributed by atoms with Gasteiger partial charge in [-0.1, -0.05) is 26.0 Å². The lowest BCUT2D eigenvalue weighted by Gasteiger charge is -2.11. The molecule has 1 aromatic rings. The van der Waals surface area contributed by atoms with Crippen molar-refractivity contribution in [3.63, 3.8) is 0 Å². The van der Waals surface area contributed by atoms with E-state index in [1.165, 1.54) is 12.1 Å². The van der Waals surface area contributed by atoms with E-state index in [0.29, 0.717) is 19.4 Å². The van der Waals surface area contributed by atoms with Crippen LogP contribution < -0.4 is 5.32 Å². The fourth-order valence-electron chi connectivity index (χ4n) is 1.73. The Hall–Kier alpha value is -1.40. The second-order valence-corrected chi connectivity index (χ2v) is 6.75. The second-order valence-electron chi connectivity index (χ2n) is 4.51. The summed E-state index contributed by atoms with van der Waals surface area (Å²) in [6.07, 6.45) is 0.617. The Morgan fingerprint density at radius 2 is 1.95 bits per heavy atom. The van der Waals surface area contributed by atoms with E-state index < -0.39 is 21.8 Å². The van der Waals surface area contributed by atoms with E-state index in [9.17, 15) is 18.3 Å². The lowest BCUT2D eigenvalue weighted by molar-refractivity contribution is 0.0938. The fraction of sp³-hybridized carbons (Fsp3) is 0.500. The van der Waals surface area contributed by atoms with E-state index in [1.54, 1.807) is 19.1 Å². The van der Waals surface area contributed by atoms with Gasteiger partial charge in [0.2, 0.25) is 0 Å². The molecule has 0 aliphatic rings. The van der Waals surface area contributed by atoms with Crippen molar-refractivity contribution in [2.45, 2.75) is 37.7 Å². The van der Waals surface area contributed by atoms with Crippen molar-refractivity contribution in [1.82, 2.24) is 5.32 Å². The molecule has 1 atom stereocenters. The van der Waals surface area contributed by atoms with Crippen molar-refractivity contribution in [1.29, 1.82) is 0 Å². The molecule has 0 aliphatic carbocycles. The molecule has 0 fully saturated rings. The molecule has 5 nitrogen and oxygen atoms in total. The van der Waals surface area contributed by atoms with Crippen LogP contribution in [-0.4, -0.2) is 37.8 Å². The molecule has 0 radical (unpaired) electrons. The highest BCUT2D eigenvalue weighted by Crippen LogP contribution is 2.16. The first kappa shape index (κ1) is 16.7. The van der Waals surface area contributed by atoms with Gasteiger partial charge in [0, 0.05) is 6.54 Å². The maximum Gasteiger partial charge on any atom is 0.252 e. The summed E-state index contributed by atoms with van der Waals surface area (Å²) < 4.78 is 23.9. The molecule has 112 valence electrons. The molecular formula is C14H21NO4S. The van der Waals surface area contributed by atoms with Crippen molar-refractivity contribution in [3.05, 3.63) is 29.8 Å². The Morgan fingerprint density at radius 3 is 2.55 bits per heavy atom. The Balaban J connectivity index is 2.84. The van der Waals surface area contributed by atoms with Gasteiger partial charge in [-0.05, 0) is 25.0 Å². The number of rotatable bonds is 7. The highest BCUT2D eigenvalue weighted by Gasteiger charge is 2.20. The zero-order valence-corrected chi connectivity index (χ0v) is 12.6. The van der Waals surface area contributed by atoms with E-state index in [4.69, 9.17) is 0 Å². The van der Waals surface area contributed by atoms with Crippen molar-refractivity contribution < 1.29 is 18.3 Å². The first-order valence-corrected chi connectivity index (χ1v) is 8.35. The van der Waals surface area contributed by atoms with Gasteiger partial charge in [-0.25, -0.2) is 8.42 Å². The molecule has 0 heterocycles. The molecule has 0 saturated heterocycles. The zero-order valence-electron chi connectivity index (χ0n) is 11.8. The molecule has 6 heteroatoms. The number of sulfone groups is 1. The molecule has 0 spiro atoms. The highest BCUT2D eigenvalue weighted by atomic mass is 32.2. The fourth-order valence-corrected chi connectivity index (χ4v) is 2.83. The minimum absolute atomic E-state index is 0.0498. The van der Waals surface area contributed by atoms with Crippen LogP contribution in [0.3, 0.4) is 0 Å². The summed E-state index contributed by atoms with van der Waals surface area (Å²) in [7, 11) is -3.43. The summed E-state index contributed by atoms with van der Waals surface area (Å²) in [6, 6.07) is 6.16. The van der Waals surface area contributed by atoms with E-state index in [-0.39, 0.29) is 16.2 Å². The summed E-state index contributed by atoms with van der Waals surface area (Å²) in [6.45, 7) is 3.71. The van der Waals surface area contributed by atoms with Gasteiger partial charge < -0.3 is 10.4 Å². The molecule has 0 saturated carbocycles. The predicted molar refractivity (Wildman–Crippen MR) is 77.4 cm³/mol. The first-order valence-electron chi connectivity index (χ1n) is 6.70. The molecule has 1 aromatic carbocycles. The maximum atomic E-state index is 12.0. The number of aliphatic hydroxyl groups is 1. The Bertz CT molecular complexity index is 554. The minimum atomic E-state index is -3.43. The van der Waals surface area contributed by atoms with Crippen LogP contribution in [-0.2, 0) is 9.84 Å². The average molecular weight is 299 g/mol. The third-order valence-corrected chi connectivity index (χ3v) is 4.87. The monoisotopic (exact) mass is 299 g/mol. The number of hydrogen-bond acceptors (Lipinski definition) is 4. The number of carbonyl (C=O) groups is 1. The highest BCUT2D eigenvalue weighted by molar-refractivity contribution is 7.91. The normalized spacial score (nSPS) is 12.9. The van der Waals surface area contributed by atoms with Crippen LogP contribution in [0.15, 0.2) is 29.2 Å². The third-order valence-electron chi connectivity index (χ3n) is 3.08. The predicted octanol–water partition coefficient (Wildman–Crippen LogP) is 1.37. The molecule has 1 amide bonds. The molecule has 1 rings (SSSR count). The zero-order chi connectivity index (χ0) is 15.2. The van der Waals surface area contributed by atoms with E-state index in [1.807, 2.05) is 6.92 Å². The molecule has 0 aliphatic heterocycles. The Morgan fingerprint density at radius 1 is 1.30 bits per heavy atom. The number of hydrogen-bond donors (Lipinski definition) is 2. The summed E-state index contributed by atoms with van der Waals surface area (Å²) in [5.74, 6) is -0.479. The summed E-state index contributed by atoms with van der Waals surface area (Å²) >= 11 is 0. The van der Waals surface area contributed by atoms with E-state index in [0.717, 1.165) is 0 Å². The average Bonchev–Trinajstić information content (AvgIpc) is 2.46. The van der Waals surface area contributed by atoms with Crippen LogP contribution in [0.4, 0.5) is 0 Å². The smallest absolute Gasteiger partial charge is 0.252 e. The Kier molecular flexibility index (Phi) is 6.16.